The highest BCUT2D eigenvalue weighted by Gasteiger charge is 2.24. The number of nitrogens with zero attached hydrogens (tertiary/aromatic N) is 1. The Morgan fingerprint density at radius 3 is 2.67 bits per heavy atom. The molecule has 2 amide bonds. The summed E-state index contributed by atoms with van der Waals surface area (Å²) in [5.74, 6) is -0.146. The molecule has 2 rings (SSSR count). The van der Waals surface area contributed by atoms with Crippen LogP contribution in [0.25, 0.3) is 0 Å². The summed E-state index contributed by atoms with van der Waals surface area (Å²) in [6.45, 7) is 0.918. The molecular formula is C13H16N2O3. The lowest BCUT2D eigenvalue weighted by atomic mass is 10.1. The number of amides is 2. The van der Waals surface area contributed by atoms with Crippen LogP contribution in [-0.4, -0.2) is 41.1 Å². The number of carbonyl (C=O) groups is 2. The quantitative estimate of drug-likeness (QED) is 0.834. The first-order valence-corrected chi connectivity index (χ1v) is 6.00. The lowest BCUT2D eigenvalue weighted by Crippen LogP contribution is -2.49. The summed E-state index contributed by atoms with van der Waals surface area (Å²) in [6.07, 6.45) is 0.683. The molecule has 5 heteroatoms. The van der Waals surface area contributed by atoms with Gasteiger partial charge in [-0.15, -0.1) is 0 Å². The van der Waals surface area contributed by atoms with Crippen LogP contribution < -0.4 is 5.32 Å². The van der Waals surface area contributed by atoms with Crippen LogP contribution in [0, 0.1) is 0 Å². The minimum atomic E-state index is -0.923. The molecule has 96 valence electrons. The molecule has 1 heterocycles. The van der Waals surface area contributed by atoms with Crippen molar-refractivity contribution in [3.05, 3.63) is 35.9 Å². The number of carbonyl (C=O) groups excluding carboxylic acids is 1. The molecule has 1 unspecified atom stereocenters. The largest absolute Gasteiger partial charge is 0.465 e. The van der Waals surface area contributed by atoms with Crippen molar-refractivity contribution in [2.24, 2.45) is 0 Å². The predicted octanol–water partition coefficient (Wildman–Crippen LogP) is 1.56. The second-order valence-electron chi connectivity index (χ2n) is 4.41. The fourth-order valence-electron chi connectivity index (χ4n) is 2.13. The van der Waals surface area contributed by atoms with E-state index in [4.69, 9.17) is 5.11 Å². The first kappa shape index (κ1) is 12.4. The number of hydrogen-bond donors (Lipinski definition) is 2. The maximum Gasteiger partial charge on any atom is 0.407 e. The summed E-state index contributed by atoms with van der Waals surface area (Å²) >= 11 is 0. The second-order valence-corrected chi connectivity index (χ2v) is 4.41. The molecule has 1 atom stereocenters. The predicted molar refractivity (Wildman–Crippen MR) is 66.5 cm³/mol. The molecule has 2 N–H and O–H groups in total. The van der Waals surface area contributed by atoms with Gasteiger partial charge in [0.05, 0.1) is 0 Å². The number of piperidine rings is 1. The van der Waals surface area contributed by atoms with Crippen LogP contribution in [0.15, 0.2) is 30.3 Å². The van der Waals surface area contributed by atoms with Gasteiger partial charge in [0, 0.05) is 24.7 Å². The van der Waals surface area contributed by atoms with Crippen molar-refractivity contribution in [2.75, 3.05) is 13.1 Å². The van der Waals surface area contributed by atoms with Crippen molar-refractivity contribution < 1.29 is 14.7 Å². The fourth-order valence-corrected chi connectivity index (χ4v) is 2.13. The van der Waals surface area contributed by atoms with Crippen LogP contribution in [0.3, 0.4) is 0 Å². The number of rotatable bonds is 2. The van der Waals surface area contributed by atoms with Crippen LogP contribution in [0.5, 0.6) is 0 Å². The van der Waals surface area contributed by atoms with E-state index in [0.717, 1.165) is 12.8 Å². The monoisotopic (exact) mass is 248 g/mol. The van der Waals surface area contributed by atoms with Gasteiger partial charge in [0.25, 0.3) is 5.91 Å². The first-order valence-electron chi connectivity index (χ1n) is 6.00. The summed E-state index contributed by atoms with van der Waals surface area (Å²) in [4.78, 5) is 24.1. The van der Waals surface area contributed by atoms with E-state index in [1.165, 1.54) is 4.90 Å². The third-order valence-electron chi connectivity index (χ3n) is 3.06. The van der Waals surface area contributed by atoms with Crippen molar-refractivity contribution >= 4 is 12.0 Å². The van der Waals surface area contributed by atoms with E-state index in [9.17, 15) is 9.59 Å². The molecule has 1 fully saturated rings. The minimum absolute atomic E-state index is 0.0949. The van der Waals surface area contributed by atoms with Crippen LogP contribution in [-0.2, 0) is 0 Å². The number of nitrogens with one attached hydrogen (secondary N) is 1. The average molecular weight is 248 g/mol. The van der Waals surface area contributed by atoms with Crippen molar-refractivity contribution in [2.45, 2.75) is 18.9 Å². The van der Waals surface area contributed by atoms with Gasteiger partial charge in [0.1, 0.15) is 0 Å². The molecular weight excluding hydrogens is 232 g/mol. The van der Waals surface area contributed by atoms with Gasteiger partial charge in [-0.1, -0.05) is 18.2 Å². The molecule has 0 radical (unpaired) electrons. The molecule has 0 saturated carbocycles. The van der Waals surface area contributed by atoms with Crippen molar-refractivity contribution in [1.29, 1.82) is 0 Å². The second kappa shape index (κ2) is 5.53. The summed E-state index contributed by atoms with van der Waals surface area (Å²) in [5, 5.41) is 11.8. The van der Waals surface area contributed by atoms with E-state index in [1.807, 2.05) is 6.07 Å². The Balaban J connectivity index is 1.93. The number of carboxylic acid groups (broad SMARTS) is 1. The van der Waals surface area contributed by atoms with Crippen LogP contribution >= 0.6 is 0 Å². The van der Waals surface area contributed by atoms with Crippen molar-refractivity contribution in [3.63, 3.8) is 0 Å². The Kier molecular flexibility index (Phi) is 3.82. The lowest BCUT2D eigenvalue weighted by Gasteiger charge is -2.31. The third kappa shape index (κ3) is 3.00. The Morgan fingerprint density at radius 2 is 2.00 bits per heavy atom. The standard InChI is InChI=1S/C13H16N2O3/c16-12(10-5-2-1-3-6-10)14-11-7-4-8-15(9-11)13(17)18/h1-3,5-6,11H,4,7-9H2,(H,14,16)(H,17,18). The zero-order valence-electron chi connectivity index (χ0n) is 10.0. The molecule has 5 nitrogen and oxygen atoms in total. The Labute approximate surface area is 105 Å². The SMILES string of the molecule is O=C(NC1CCCN(C(=O)O)C1)c1ccccc1. The van der Waals surface area contributed by atoms with E-state index in [2.05, 4.69) is 5.32 Å². The highest BCUT2D eigenvalue weighted by Crippen LogP contribution is 2.11. The number of likely N-dealkylation sites (tertiary alicyclic amines) is 1. The van der Waals surface area contributed by atoms with E-state index in [0.29, 0.717) is 18.7 Å². The van der Waals surface area contributed by atoms with Gasteiger partial charge in [-0.3, -0.25) is 4.79 Å². The van der Waals surface area contributed by atoms with Gasteiger partial charge in [-0.2, -0.15) is 0 Å². The van der Waals surface area contributed by atoms with Crippen molar-refractivity contribution in [3.8, 4) is 0 Å². The van der Waals surface area contributed by atoms with Gasteiger partial charge in [0.2, 0.25) is 0 Å². The fraction of sp³-hybridized carbons (Fsp3) is 0.385. The maximum atomic E-state index is 11.9. The molecule has 0 spiro atoms. The number of hydrogen-bond acceptors (Lipinski definition) is 2. The van der Waals surface area contributed by atoms with Crippen molar-refractivity contribution in [1.82, 2.24) is 10.2 Å². The molecule has 1 aliphatic rings. The van der Waals surface area contributed by atoms with E-state index in [-0.39, 0.29) is 11.9 Å². The summed E-state index contributed by atoms with van der Waals surface area (Å²) in [6, 6.07) is 8.85. The molecule has 1 aliphatic heterocycles. The highest BCUT2D eigenvalue weighted by molar-refractivity contribution is 5.94. The van der Waals surface area contributed by atoms with Crippen LogP contribution in [0.2, 0.25) is 0 Å². The Hall–Kier alpha value is -2.04. The molecule has 0 bridgehead atoms. The minimum Gasteiger partial charge on any atom is -0.465 e. The number of benzene rings is 1. The van der Waals surface area contributed by atoms with Gasteiger partial charge in [-0.25, -0.2) is 4.79 Å². The first-order chi connectivity index (χ1) is 8.66. The van der Waals surface area contributed by atoms with Crippen LogP contribution in [0.4, 0.5) is 4.79 Å². The molecule has 0 aromatic heterocycles. The third-order valence-corrected chi connectivity index (χ3v) is 3.06. The zero-order chi connectivity index (χ0) is 13.0. The molecule has 1 aromatic rings. The average Bonchev–Trinajstić information content (AvgIpc) is 2.40. The van der Waals surface area contributed by atoms with Gasteiger partial charge in [-0.05, 0) is 25.0 Å². The maximum absolute atomic E-state index is 11.9. The topological polar surface area (TPSA) is 69.6 Å². The summed E-state index contributed by atoms with van der Waals surface area (Å²) in [7, 11) is 0. The van der Waals surface area contributed by atoms with E-state index >= 15 is 0 Å². The zero-order valence-corrected chi connectivity index (χ0v) is 10.0. The van der Waals surface area contributed by atoms with Gasteiger partial charge in [0.15, 0.2) is 0 Å². The molecule has 1 aromatic carbocycles. The molecule has 1 saturated heterocycles. The molecule has 18 heavy (non-hydrogen) atoms. The smallest absolute Gasteiger partial charge is 0.407 e. The Morgan fingerprint density at radius 1 is 1.28 bits per heavy atom. The van der Waals surface area contributed by atoms with Gasteiger partial charge >= 0.3 is 6.09 Å². The highest BCUT2D eigenvalue weighted by atomic mass is 16.4. The summed E-state index contributed by atoms with van der Waals surface area (Å²) in [5.41, 5.74) is 0.602. The van der Waals surface area contributed by atoms with E-state index < -0.39 is 6.09 Å². The normalized spacial score (nSPS) is 19.3. The van der Waals surface area contributed by atoms with E-state index in [1.54, 1.807) is 24.3 Å². The van der Waals surface area contributed by atoms with Gasteiger partial charge < -0.3 is 15.3 Å². The van der Waals surface area contributed by atoms with Crippen LogP contribution in [0.1, 0.15) is 23.2 Å². The summed E-state index contributed by atoms with van der Waals surface area (Å²) < 4.78 is 0. The lowest BCUT2D eigenvalue weighted by molar-refractivity contribution is 0.0888. The molecule has 0 aliphatic carbocycles. The Bertz CT molecular complexity index is 433.